The predicted molar refractivity (Wildman–Crippen MR) is 142 cm³/mol. The van der Waals surface area contributed by atoms with E-state index >= 15 is 0 Å². The van der Waals surface area contributed by atoms with Crippen LogP contribution in [-0.4, -0.2) is 77.9 Å². The topological polar surface area (TPSA) is 115 Å². The molecule has 0 atom stereocenters. The maximum atomic E-state index is 12.7. The fourth-order valence-electron chi connectivity index (χ4n) is 4.56. The highest BCUT2D eigenvalue weighted by Crippen LogP contribution is 2.34. The molecule has 1 fully saturated rings. The highest BCUT2D eigenvalue weighted by molar-refractivity contribution is 7.18. The number of nitrogens with zero attached hydrogens (tertiary/aromatic N) is 3. The van der Waals surface area contributed by atoms with E-state index in [0.29, 0.717) is 16.8 Å². The van der Waals surface area contributed by atoms with Gasteiger partial charge in [0.05, 0.1) is 5.39 Å². The zero-order chi connectivity index (χ0) is 30.8. The number of carbonyl (C=O) groups is 3. The molecule has 3 aromatic rings. The number of likely N-dealkylation sites (N-methyl/N-ethyl adjacent to an activating group) is 1. The third-order valence-electron chi connectivity index (χ3n) is 6.74. The second-order valence-corrected chi connectivity index (χ2v) is 10.8. The standard InChI is InChI=1S/C22H25N5O2S.C4F6O2/c1-26-8-10-27(11-9-26)15-5-2-4-14(12-15)13-23-21(29)19-24-20(28)18-16-6-3-7-17(16)30-22(18)25-19;5-3(6,7)1(11)2(12)4(8,9)10/h2,4-5,12H,3,6-11,13H2,1H3,(H,23,29)(H,24,25,28);. The first-order valence-corrected chi connectivity index (χ1v) is 13.5. The highest BCUT2D eigenvalue weighted by atomic mass is 32.1. The van der Waals surface area contributed by atoms with Gasteiger partial charge in [0.25, 0.3) is 11.5 Å². The first-order chi connectivity index (χ1) is 19.6. The number of anilines is 1. The Morgan fingerprint density at radius 1 is 1.00 bits per heavy atom. The number of alkyl halides is 6. The van der Waals surface area contributed by atoms with E-state index in [-0.39, 0.29) is 17.3 Å². The quantitative estimate of drug-likeness (QED) is 0.333. The number of carbonyl (C=O) groups excluding carboxylic acids is 3. The molecule has 42 heavy (non-hydrogen) atoms. The molecule has 1 aliphatic heterocycles. The van der Waals surface area contributed by atoms with Crippen LogP contribution in [0.4, 0.5) is 32.0 Å². The van der Waals surface area contributed by atoms with E-state index in [9.17, 15) is 45.5 Å². The summed E-state index contributed by atoms with van der Waals surface area (Å²) in [6.07, 6.45) is -8.53. The van der Waals surface area contributed by atoms with Crippen LogP contribution in [0.2, 0.25) is 0 Å². The largest absolute Gasteiger partial charge is 0.458 e. The first-order valence-electron chi connectivity index (χ1n) is 12.7. The molecule has 1 aromatic carbocycles. The SMILES string of the molecule is CN1CCN(c2cccc(CNC(=O)c3nc4sc5c(c4c(=O)[nH]3)CCC5)c2)CC1.O=C(C(=O)C(F)(F)F)C(F)(F)F. The molecule has 2 aromatic heterocycles. The van der Waals surface area contributed by atoms with E-state index in [1.165, 1.54) is 10.6 Å². The van der Waals surface area contributed by atoms with Crippen molar-refractivity contribution in [2.75, 3.05) is 38.1 Å². The molecule has 3 heterocycles. The Morgan fingerprint density at radius 2 is 1.64 bits per heavy atom. The molecule has 9 nitrogen and oxygen atoms in total. The third-order valence-corrected chi connectivity index (χ3v) is 7.93. The van der Waals surface area contributed by atoms with Crippen molar-refractivity contribution in [1.82, 2.24) is 20.2 Å². The molecule has 0 saturated carbocycles. The van der Waals surface area contributed by atoms with Gasteiger partial charge in [-0.25, -0.2) is 4.98 Å². The Bertz CT molecular complexity index is 1530. The van der Waals surface area contributed by atoms with Gasteiger partial charge in [0.1, 0.15) is 4.83 Å². The lowest BCUT2D eigenvalue weighted by molar-refractivity contribution is -0.193. The van der Waals surface area contributed by atoms with Crippen LogP contribution in [0, 0.1) is 0 Å². The highest BCUT2D eigenvalue weighted by Gasteiger charge is 2.54. The molecule has 0 spiro atoms. The van der Waals surface area contributed by atoms with Crippen LogP contribution in [0.5, 0.6) is 0 Å². The van der Waals surface area contributed by atoms with Gasteiger partial charge in [0, 0.05) is 43.3 Å². The second kappa shape index (κ2) is 12.2. The summed E-state index contributed by atoms with van der Waals surface area (Å²) in [5.74, 6) is -7.08. The summed E-state index contributed by atoms with van der Waals surface area (Å²) < 4.78 is 67.0. The number of H-pyrrole nitrogens is 1. The summed E-state index contributed by atoms with van der Waals surface area (Å²) in [6, 6.07) is 8.26. The number of hydrogen-bond acceptors (Lipinski definition) is 8. The van der Waals surface area contributed by atoms with Crippen LogP contribution in [0.25, 0.3) is 10.2 Å². The number of piperazine rings is 1. The number of rotatable bonds is 5. The lowest BCUT2D eigenvalue weighted by Gasteiger charge is -2.34. The Labute approximate surface area is 238 Å². The average molecular weight is 618 g/mol. The number of benzene rings is 1. The molecular formula is C26H25F6N5O4S. The van der Waals surface area contributed by atoms with Crippen LogP contribution in [0.15, 0.2) is 29.1 Å². The molecule has 1 aliphatic carbocycles. The number of thiophene rings is 1. The van der Waals surface area contributed by atoms with Gasteiger partial charge >= 0.3 is 23.9 Å². The van der Waals surface area contributed by atoms with Crippen molar-refractivity contribution >= 4 is 44.7 Å². The van der Waals surface area contributed by atoms with Gasteiger partial charge in [-0.3, -0.25) is 19.2 Å². The normalized spacial score (nSPS) is 15.6. The van der Waals surface area contributed by atoms with E-state index < -0.39 is 23.9 Å². The van der Waals surface area contributed by atoms with Crippen LogP contribution in [-0.2, 0) is 29.0 Å². The molecule has 1 saturated heterocycles. The number of nitrogens with one attached hydrogen (secondary N) is 2. The zero-order valence-corrected chi connectivity index (χ0v) is 22.9. The number of aromatic nitrogens is 2. The van der Waals surface area contributed by atoms with Gasteiger partial charge in [0.2, 0.25) is 5.82 Å². The molecular weight excluding hydrogens is 592 g/mol. The maximum absolute atomic E-state index is 12.7. The minimum Gasteiger partial charge on any atom is -0.369 e. The smallest absolute Gasteiger partial charge is 0.369 e. The van der Waals surface area contributed by atoms with Crippen molar-refractivity contribution in [3.8, 4) is 0 Å². The Hall–Kier alpha value is -3.79. The summed E-state index contributed by atoms with van der Waals surface area (Å²) in [6.45, 7) is 4.50. The summed E-state index contributed by atoms with van der Waals surface area (Å²) in [5, 5.41) is 3.57. The number of aromatic amines is 1. The number of aryl methyl sites for hydroxylation is 2. The average Bonchev–Trinajstić information content (AvgIpc) is 3.52. The molecule has 226 valence electrons. The van der Waals surface area contributed by atoms with Crippen molar-refractivity contribution in [3.05, 3.63) is 56.4 Å². The summed E-state index contributed by atoms with van der Waals surface area (Å²) in [5.41, 5.74) is 3.12. The molecule has 1 amide bonds. The predicted octanol–water partition coefficient (Wildman–Crippen LogP) is 3.40. The number of Topliss-reactive ketones (excluding diaryl/α,β-unsaturated/α-hetero) is 2. The second-order valence-electron chi connectivity index (χ2n) is 9.75. The lowest BCUT2D eigenvalue weighted by atomic mass is 10.1. The monoisotopic (exact) mass is 617 g/mol. The number of ketones is 2. The minimum atomic E-state index is -5.77. The zero-order valence-electron chi connectivity index (χ0n) is 22.1. The van der Waals surface area contributed by atoms with E-state index in [1.54, 1.807) is 11.3 Å². The van der Waals surface area contributed by atoms with Crippen molar-refractivity contribution in [2.24, 2.45) is 0 Å². The maximum Gasteiger partial charge on any atom is 0.458 e. The Kier molecular flexibility index (Phi) is 9.06. The summed E-state index contributed by atoms with van der Waals surface area (Å²) in [4.78, 5) is 58.2. The van der Waals surface area contributed by atoms with E-state index in [4.69, 9.17) is 0 Å². The van der Waals surface area contributed by atoms with Gasteiger partial charge in [-0.2, -0.15) is 26.3 Å². The van der Waals surface area contributed by atoms with Gasteiger partial charge < -0.3 is 20.1 Å². The number of fused-ring (bicyclic) bond motifs is 3. The first kappa shape index (κ1) is 31.2. The lowest BCUT2D eigenvalue weighted by Crippen LogP contribution is -2.44. The number of halogens is 6. The van der Waals surface area contributed by atoms with Gasteiger partial charge in [-0.1, -0.05) is 12.1 Å². The Balaban J connectivity index is 0.000000288. The van der Waals surface area contributed by atoms with Crippen molar-refractivity contribution in [3.63, 3.8) is 0 Å². The number of amides is 1. The Morgan fingerprint density at radius 3 is 2.26 bits per heavy atom. The minimum absolute atomic E-state index is 0.0858. The number of hydrogen-bond donors (Lipinski definition) is 2. The van der Waals surface area contributed by atoms with E-state index in [2.05, 4.69) is 44.3 Å². The molecule has 0 bridgehead atoms. The van der Waals surface area contributed by atoms with Crippen LogP contribution in [0.1, 0.15) is 33.0 Å². The summed E-state index contributed by atoms with van der Waals surface area (Å²) >= 11 is 1.54. The molecule has 0 unspecified atom stereocenters. The van der Waals surface area contributed by atoms with Crippen molar-refractivity contribution < 1.29 is 40.7 Å². The molecule has 5 rings (SSSR count). The van der Waals surface area contributed by atoms with Crippen LogP contribution < -0.4 is 15.8 Å². The van der Waals surface area contributed by atoms with Gasteiger partial charge in [0.15, 0.2) is 0 Å². The van der Waals surface area contributed by atoms with E-state index in [1.807, 2.05) is 12.1 Å². The van der Waals surface area contributed by atoms with Crippen molar-refractivity contribution in [2.45, 2.75) is 38.2 Å². The fourth-order valence-corrected chi connectivity index (χ4v) is 5.82. The molecule has 2 N–H and O–H groups in total. The van der Waals surface area contributed by atoms with Crippen LogP contribution >= 0.6 is 11.3 Å². The van der Waals surface area contributed by atoms with E-state index in [0.717, 1.165) is 56.6 Å². The summed E-state index contributed by atoms with van der Waals surface area (Å²) in [7, 11) is 2.14. The third kappa shape index (κ3) is 7.15. The van der Waals surface area contributed by atoms with Gasteiger partial charge in [-0.15, -0.1) is 11.3 Å². The molecule has 0 radical (unpaired) electrons. The van der Waals surface area contributed by atoms with Crippen molar-refractivity contribution in [1.29, 1.82) is 0 Å². The molecule has 16 heteroatoms. The fraction of sp³-hybridized carbons (Fsp3) is 0.423. The van der Waals surface area contributed by atoms with Gasteiger partial charge in [-0.05, 0) is 49.6 Å². The van der Waals surface area contributed by atoms with Crippen LogP contribution in [0.3, 0.4) is 0 Å². The molecule has 2 aliphatic rings.